The fourth-order valence-electron chi connectivity index (χ4n) is 2.62. The summed E-state index contributed by atoms with van der Waals surface area (Å²) >= 11 is 5.96. The minimum absolute atomic E-state index is 0.0152. The van der Waals surface area contributed by atoms with Crippen molar-refractivity contribution in [1.29, 1.82) is 0 Å². The van der Waals surface area contributed by atoms with Crippen LogP contribution in [0.1, 0.15) is 24.8 Å². The Balaban J connectivity index is 1.68. The lowest BCUT2D eigenvalue weighted by atomic mass is 10.1. The summed E-state index contributed by atoms with van der Waals surface area (Å²) < 4.78 is 32.3. The fraction of sp³-hybridized carbons (Fsp3) is 0.588. The first-order valence-electron chi connectivity index (χ1n) is 8.76. The lowest BCUT2D eigenvalue weighted by molar-refractivity contribution is 0.0200. The highest BCUT2D eigenvalue weighted by molar-refractivity contribution is 7.89. The van der Waals surface area contributed by atoms with Gasteiger partial charge in [-0.05, 0) is 37.0 Å². The molecule has 26 heavy (non-hydrogen) atoms. The second-order valence-electron chi connectivity index (χ2n) is 6.14. The Hall–Kier alpha value is -1.35. The average molecular weight is 403 g/mol. The van der Waals surface area contributed by atoms with Crippen molar-refractivity contribution >= 4 is 27.6 Å². The molecule has 1 atom stereocenters. The highest BCUT2D eigenvalue weighted by Crippen LogP contribution is 2.12. The van der Waals surface area contributed by atoms with E-state index in [0.29, 0.717) is 30.7 Å². The van der Waals surface area contributed by atoms with Crippen LogP contribution in [0.25, 0.3) is 0 Å². The maximum atomic E-state index is 12.1. The van der Waals surface area contributed by atoms with Gasteiger partial charge < -0.3 is 15.4 Å². The van der Waals surface area contributed by atoms with Crippen molar-refractivity contribution in [3.8, 4) is 0 Å². The number of sulfonamides is 1. The third kappa shape index (κ3) is 7.90. The molecular formula is C17H27ClN4O3S. The third-order valence-corrected chi connectivity index (χ3v) is 5.62. The molecule has 1 fully saturated rings. The van der Waals surface area contributed by atoms with Gasteiger partial charge in [0.05, 0.1) is 11.9 Å². The zero-order valence-electron chi connectivity index (χ0n) is 15.0. The van der Waals surface area contributed by atoms with E-state index in [-0.39, 0.29) is 18.4 Å². The lowest BCUT2D eigenvalue weighted by Gasteiger charge is -2.22. The summed E-state index contributed by atoms with van der Waals surface area (Å²) in [6.45, 7) is 1.85. The standard InChI is InChI=1S/C17H27ClN4O3S/c1-19-17(21-12-14-5-4-6-15(18)11-14)20-8-10-26(23,24)22-13-16-7-2-3-9-25-16/h4-6,11,16,22H,2-3,7-10,12-13H2,1H3,(H2,19,20,21). The van der Waals surface area contributed by atoms with Crippen LogP contribution in [0.2, 0.25) is 5.02 Å². The van der Waals surface area contributed by atoms with E-state index in [1.54, 1.807) is 7.05 Å². The van der Waals surface area contributed by atoms with Gasteiger partial charge in [0.15, 0.2) is 5.96 Å². The first-order valence-corrected chi connectivity index (χ1v) is 10.8. The number of halogens is 1. The molecule has 3 N–H and O–H groups in total. The smallest absolute Gasteiger partial charge is 0.213 e. The number of benzene rings is 1. The number of guanidine groups is 1. The first kappa shape index (κ1) is 21.0. The SMILES string of the molecule is CN=C(NCCS(=O)(=O)NCC1CCCCO1)NCc1cccc(Cl)c1. The molecule has 0 amide bonds. The van der Waals surface area contributed by atoms with Crippen molar-refractivity contribution in [3.63, 3.8) is 0 Å². The minimum Gasteiger partial charge on any atom is -0.377 e. The van der Waals surface area contributed by atoms with Crippen LogP contribution in [0.4, 0.5) is 0 Å². The van der Waals surface area contributed by atoms with E-state index >= 15 is 0 Å². The first-order chi connectivity index (χ1) is 12.5. The summed E-state index contributed by atoms with van der Waals surface area (Å²) in [4.78, 5) is 4.09. The Morgan fingerprint density at radius 3 is 2.88 bits per heavy atom. The fourth-order valence-corrected chi connectivity index (χ4v) is 3.79. The molecule has 1 aromatic rings. The molecule has 0 saturated carbocycles. The van der Waals surface area contributed by atoms with Crippen LogP contribution in [-0.2, 0) is 21.3 Å². The maximum Gasteiger partial charge on any atom is 0.213 e. The predicted molar refractivity (Wildman–Crippen MR) is 105 cm³/mol. The Morgan fingerprint density at radius 2 is 2.19 bits per heavy atom. The van der Waals surface area contributed by atoms with Gasteiger partial charge in [-0.3, -0.25) is 4.99 Å². The van der Waals surface area contributed by atoms with Crippen molar-refractivity contribution < 1.29 is 13.2 Å². The average Bonchev–Trinajstić information content (AvgIpc) is 2.64. The predicted octanol–water partition coefficient (Wildman–Crippen LogP) is 1.49. The van der Waals surface area contributed by atoms with E-state index in [2.05, 4.69) is 20.3 Å². The molecule has 0 radical (unpaired) electrons. The van der Waals surface area contributed by atoms with Crippen molar-refractivity contribution in [2.45, 2.75) is 31.9 Å². The van der Waals surface area contributed by atoms with Gasteiger partial charge in [0, 0.05) is 38.3 Å². The quantitative estimate of drug-likeness (QED) is 0.452. The molecule has 1 saturated heterocycles. The second-order valence-corrected chi connectivity index (χ2v) is 8.50. The second kappa shape index (κ2) is 10.7. The number of hydrogen-bond donors (Lipinski definition) is 3. The molecular weight excluding hydrogens is 376 g/mol. The number of aliphatic imine (C=N–C) groups is 1. The van der Waals surface area contributed by atoms with Crippen LogP contribution >= 0.6 is 11.6 Å². The summed E-state index contributed by atoms with van der Waals surface area (Å²) in [7, 11) is -1.71. The molecule has 1 aromatic carbocycles. The molecule has 1 heterocycles. The monoisotopic (exact) mass is 402 g/mol. The summed E-state index contributed by atoms with van der Waals surface area (Å²) in [5.41, 5.74) is 1.02. The van der Waals surface area contributed by atoms with Gasteiger partial charge in [-0.15, -0.1) is 0 Å². The van der Waals surface area contributed by atoms with Crippen LogP contribution in [0, 0.1) is 0 Å². The Labute approximate surface area is 160 Å². The maximum absolute atomic E-state index is 12.1. The van der Waals surface area contributed by atoms with Crippen LogP contribution in [0.5, 0.6) is 0 Å². The molecule has 7 nitrogen and oxygen atoms in total. The number of nitrogens with zero attached hydrogens (tertiary/aromatic N) is 1. The number of nitrogens with one attached hydrogen (secondary N) is 3. The molecule has 9 heteroatoms. The molecule has 0 spiro atoms. The van der Waals surface area contributed by atoms with Crippen LogP contribution in [0.3, 0.4) is 0 Å². The van der Waals surface area contributed by atoms with E-state index in [0.717, 1.165) is 24.8 Å². The molecule has 0 bridgehead atoms. The van der Waals surface area contributed by atoms with E-state index in [1.807, 2.05) is 24.3 Å². The van der Waals surface area contributed by atoms with Gasteiger partial charge in [-0.1, -0.05) is 23.7 Å². The van der Waals surface area contributed by atoms with E-state index in [1.165, 1.54) is 0 Å². The van der Waals surface area contributed by atoms with E-state index in [4.69, 9.17) is 16.3 Å². The lowest BCUT2D eigenvalue weighted by Crippen LogP contribution is -2.42. The summed E-state index contributed by atoms with van der Waals surface area (Å²) in [6, 6.07) is 7.51. The largest absolute Gasteiger partial charge is 0.377 e. The van der Waals surface area contributed by atoms with Gasteiger partial charge in [0.2, 0.25) is 10.0 Å². The normalized spacial score (nSPS) is 18.5. The van der Waals surface area contributed by atoms with Gasteiger partial charge in [-0.25, -0.2) is 13.1 Å². The number of rotatable bonds is 8. The van der Waals surface area contributed by atoms with Crippen LogP contribution < -0.4 is 15.4 Å². The summed E-state index contributed by atoms with van der Waals surface area (Å²) in [5, 5.41) is 6.80. The zero-order chi connectivity index (χ0) is 18.8. The van der Waals surface area contributed by atoms with Crippen molar-refractivity contribution in [2.75, 3.05) is 32.5 Å². The molecule has 2 rings (SSSR count). The number of hydrogen-bond acceptors (Lipinski definition) is 4. The molecule has 1 unspecified atom stereocenters. The van der Waals surface area contributed by atoms with Crippen LogP contribution in [-0.4, -0.2) is 53.0 Å². The van der Waals surface area contributed by atoms with Gasteiger partial charge in [0.25, 0.3) is 0 Å². The molecule has 146 valence electrons. The third-order valence-electron chi connectivity index (χ3n) is 4.04. The molecule has 1 aliphatic heterocycles. The van der Waals surface area contributed by atoms with Gasteiger partial charge in [0.1, 0.15) is 0 Å². The Morgan fingerprint density at radius 1 is 1.35 bits per heavy atom. The van der Waals surface area contributed by atoms with E-state index < -0.39 is 10.0 Å². The summed E-state index contributed by atoms with van der Waals surface area (Å²) in [5.74, 6) is 0.508. The summed E-state index contributed by atoms with van der Waals surface area (Å²) in [6.07, 6.45) is 3.02. The van der Waals surface area contributed by atoms with Crippen LogP contribution in [0.15, 0.2) is 29.3 Å². The van der Waals surface area contributed by atoms with E-state index in [9.17, 15) is 8.42 Å². The minimum atomic E-state index is -3.35. The Kier molecular flexibility index (Phi) is 8.64. The van der Waals surface area contributed by atoms with Gasteiger partial charge in [-0.2, -0.15) is 0 Å². The van der Waals surface area contributed by atoms with Crippen molar-refractivity contribution in [1.82, 2.24) is 15.4 Å². The molecule has 0 aliphatic carbocycles. The van der Waals surface area contributed by atoms with Crippen molar-refractivity contribution in [3.05, 3.63) is 34.9 Å². The highest BCUT2D eigenvalue weighted by Gasteiger charge is 2.17. The zero-order valence-corrected chi connectivity index (χ0v) is 16.6. The number of ether oxygens (including phenoxy) is 1. The van der Waals surface area contributed by atoms with Crippen molar-refractivity contribution in [2.24, 2.45) is 4.99 Å². The topological polar surface area (TPSA) is 91.8 Å². The Bertz CT molecular complexity index is 691. The molecule has 0 aromatic heterocycles. The highest BCUT2D eigenvalue weighted by atomic mass is 35.5. The van der Waals surface area contributed by atoms with Gasteiger partial charge >= 0.3 is 0 Å². The molecule has 1 aliphatic rings.